The molecule has 0 radical (unpaired) electrons. The zero-order valence-electron chi connectivity index (χ0n) is 18.9. The lowest BCUT2D eigenvalue weighted by molar-refractivity contribution is 0.0986. The summed E-state index contributed by atoms with van der Waals surface area (Å²) in [6.45, 7) is 4.14. The van der Waals surface area contributed by atoms with Gasteiger partial charge in [-0.1, -0.05) is 12.1 Å². The fraction of sp³-hybridized carbons (Fsp3) is 0.280. The molecule has 170 valence electrons. The quantitative estimate of drug-likeness (QED) is 0.408. The van der Waals surface area contributed by atoms with Gasteiger partial charge in [-0.3, -0.25) is 9.69 Å². The van der Waals surface area contributed by atoms with Gasteiger partial charge in [0, 0.05) is 34.8 Å². The Morgan fingerprint density at radius 2 is 1.88 bits per heavy atom. The van der Waals surface area contributed by atoms with E-state index < -0.39 is 0 Å². The van der Waals surface area contributed by atoms with E-state index in [-0.39, 0.29) is 11.9 Å². The van der Waals surface area contributed by atoms with Crippen LogP contribution in [0.2, 0.25) is 0 Å². The van der Waals surface area contributed by atoms with Crippen LogP contribution in [0.15, 0.2) is 60.0 Å². The molecule has 1 saturated carbocycles. The van der Waals surface area contributed by atoms with E-state index in [0.29, 0.717) is 34.7 Å². The van der Waals surface area contributed by atoms with Crippen molar-refractivity contribution >= 4 is 23.5 Å². The van der Waals surface area contributed by atoms with Crippen molar-refractivity contribution in [3.63, 3.8) is 0 Å². The number of carbonyl (C=O) groups is 1. The summed E-state index contributed by atoms with van der Waals surface area (Å²) in [5, 5.41) is 8.29. The maximum absolute atomic E-state index is 13.5. The van der Waals surface area contributed by atoms with Gasteiger partial charge in [0.1, 0.15) is 23.7 Å². The van der Waals surface area contributed by atoms with Crippen molar-refractivity contribution in [3.8, 4) is 22.6 Å². The van der Waals surface area contributed by atoms with Gasteiger partial charge in [0.15, 0.2) is 5.82 Å². The average Bonchev–Trinajstić information content (AvgIpc) is 3.59. The van der Waals surface area contributed by atoms with Crippen LogP contribution in [0.25, 0.3) is 22.6 Å². The minimum Gasteiger partial charge on any atom is -0.310 e. The lowest BCUT2D eigenvalue weighted by Gasteiger charge is -2.27. The van der Waals surface area contributed by atoms with Crippen LogP contribution in [0.1, 0.15) is 54.8 Å². The monoisotopic (exact) mass is 469 g/mol. The van der Waals surface area contributed by atoms with Crippen molar-refractivity contribution < 1.29 is 4.79 Å². The Balaban J connectivity index is 1.31. The van der Waals surface area contributed by atoms with Crippen LogP contribution in [0.4, 0.5) is 5.82 Å². The van der Waals surface area contributed by atoms with Gasteiger partial charge in [0.25, 0.3) is 5.91 Å². The number of pyridine rings is 1. The molecule has 4 aromatic rings. The number of rotatable bonds is 5. The molecule has 1 amide bonds. The molecule has 4 heterocycles. The van der Waals surface area contributed by atoms with Crippen LogP contribution >= 0.6 is 11.8 Å². The van der Waals surface area contributed by atoms with E-state index in [1.807, 2.05) is 53.4 Å². The Bertz CT molecular complexity index is 1380. The average molecular weight is 470 g/mol. The molecule has 0 bridgehead atoms. The molecule has 1 aromatic carbocycles. The second kappa shape index (κ2) is 8.32. The van der Waals surface area contributed by atoms with Gasteiger partial charge in [-0.05, 0) is 56.5 Å². The number of thioether (sulfide) groups is 1. The minimum absolute atomic E-state index is 0.0684. The van der Waals surface area contributed by atoms with Crippen LogP contribution in [0.3, 0.4) is 0 Å². The van der Waals surface area contributed by atoms with Gasteiger partial charge >= 0.3 is 0 Å². The molecular formula is C25H23N7OS. The van der Waals surface area contributed by atoms with Gasteiger partial charge in [-0.2, -0.15) is 0 Å². The van der Waals surface area contributed by atoms with Crippen LogP contribution < -0.4 is 4.90 Å². The highest BCUT2D eigenvalue weighted by Crippen LogP contribution is 2.39. The highest BCUT2D eigenvalue weighted by molar-refractivity contribution is 7.99. The number of carbonyl (C=O) groups excluding carboxylic acids is 1. The van der Waals surface area contributed by atoms with Gasteiger partial charge < -0.3 is 4.57 Å². The third kappa shape index (κ3) is 3.75. The minimum atomic E-state index is -0.0684. The SMILES string of the molecule is CC(C)n1cnnc1-c1cccc(N2CSc3ccc(-c4cnc(C5CC5)nc4)cc3C2=O)n1. The lowest BCUT2D eigenvalue weighted by Crippen LogP contribution is -2.34. The molecule has 0 N–H and O–H groups in total. The molecule has 2 aliphatic rings. The van der Waals surface area contributed by atoms with Crippen LogP contribution in [0.5, 0.6) is 0 Å². The summed E-state index contributed by atoms with van der Waals surface area (Å²) in [7, 11) is 0. The first-order valence-corrected chi connectivity index (χ1v) is 12.3. The van der Waals surface area contributed by atoms with Crippen LogP contribution in [-0.4, -0.2) is 41.5 Å². The summed E-state index contributed by atoms with van der Waals surface area (Å²) in [5.41, 5.74) is 3.20. The summed E-state index contributed by atoms with van der Waals surface area (Å²) >= 11 is 1.63. The fourth-order valence-electron chi connectivity index (χ4n) is 4.05. The van der Waals surface area contributed by atoms with E-state index >= 15 is 0 Å². The van der Waals surface area contributed by atoms with Gasteiger partial charge in [0.05, 0.1) is 11.4 Å². The number of benzene rings is 1. The Morgan fingerprint density at radius 1 is 1.06 bits per heavy atom. The first kappa shape index (κ1) is 21.0. The third-order valence-corrected chi connectivity index (χ3v) is 7.18. The largest absolute Gasteiger partial charge is 0.310 e. The number of amides is 1. The number of hydrogen-bond acceptors (Lipinski definition) is 7. The molecule has 1 aliphatic heterocycles. The number of nitrogens with zero attached hydrogens (tertiary/aromatic N) is 7. The zero-order valence-corrected chi connectivity index (χ0v) is 19.7. The number of anilines is 1. The predicted octanol–water partition coefficient (Wildman–Crippen LogP) is 4.97. The Kier molecular flexibility index (Phi) is 5.13. The van der Waals surface area contributed by atoms with Crippen molar-refractivity contribution in [2.45, 2.75) is 43.5 Å². The first-order valence-electron chi connectivity index (χ1n) is 11.4. The van der Waals surface area contributed by atoms with Gasteiger partial charge in [0.2, 0.25) is 0 Å². The molecule has 8 nitrogen and oxygen atoms in total. The van der Waals surface area contributed by atoms with E-state index in [4.69, 9.17) is 4.98 Å². The van der Waals surface area contributed by atoms with E-state index in [9.17, 15) is 4.79 Å². The van der Waals surface area contributed by atoms with E-state index in [2.05, 4.69) is 34.0 Å². The van der Waals surface area contributed by atoms with E-state index in [0.717, 1.165) is 21.8 Å². The highest BCUT2D eigenvalue weighted by atomic mass is 32.2. The van der Waals surface area contributed by atoms with Crippen molar-refractivity contribution in [1.82, 2.24) is 29.7 Å². The van der Waals surface area contributed by atoms with Gasteiger partial charge in [-0.15, -0.1) is 22.0 Å². The standard InChI is InChI=1S/C25H23N7OS/c1-15(2)31-13-28-30-24(31)20-4-3-5-22(29-20)32-14-34-21-9-8-17(10-19(21)25(32)33)18-11-26-23(27-12-18)16-6-7-16/h3-5,8-13,15-16H,6-7,14H2,1-2H3. The zero-order chi connectivity index (χ0) is 23.2. The third-order valence-electron chi connectivity index (χ3n) is 6.12. The van der Waals surface area contributed by atoms with Crippen LogP contribution in [0, 0.1) is 0 Å². The molecule has 9 heteroatoms. The first-order chi connectivity index (χ1) is 16.6. The van der Waals surface area contributed by atoms with Crippen molar-refractivity contribution in [1.29, 1.82) is 0 Å². The van der Waals surface area contributed by atoms with Crippen LogP contribution in [-0.2, 0) is 0 Å². The summed E-state index contributed by atoms with van der Waals surface area (Å²) in [4.78, 5) is 30.0. The normalized spacial score (nSPS) is 15.6. The maximum Gasteiger partial charge on any atom is 0.261 e. The molecule has 0 spiro atoms. The summed E-state index contributed by atoms with van der Waals surface area (Å²) in [6.07, 6.45) is 7.76. The Hall–Kier alpha value is -3.59. The summed E-state index contributed by atoms with van der Waals surface area (Å²) < 4.78 is 1.97. The smallest absolute Gasteiger partial charge is 0.261 e. The Morgan fingerprint density at radius 3 is 2.65 bits per heavy atom. The number of hydrogen-bond donors (Lipinski definition) is 0. The second-order valence-electron chi connectivity index (χ2n) is 8.86. The van der Waals surface area contributed by atoms with Crippen molar-refractivity contribution in [2.24, 2.45) is 0 Å². The molecule has 34 heavy (non-hydrogen) atoms. The summed E-state index contributed by atoms with van der Waals surface area (Å²) in [6, 6.07) is 11.8. The van der Waals surface area contributed by atoms with E-state index in [1.54, 1.807) is 23.0 Å². The molecule has 1 fully saturated rings. The molecule has 3 aromatic heterocycles. The molecule has 1 aliphatic carbocycles. The number of fused-ring (bicyclic) bond motifs is 1. The fourth-order valence-corrected chi connectivity index (χ4v) is 5.04. The van der Waals surface area contributed by atoms with Gasteiger partial charge in [-0.25, -0.2) is 15.0 Å². The maximum atomic E-state index is 13.5. The number of aromatic nitrogens is 6. The molecule has 0 atom stereocenters. The van der Waals surface area contributed by atoms with Crippen molar-refractivity contribution in [3.05, 3.63) is 66.5 Å². The van der Waals surface area contributed by atoms with Crippen molar-refractivity contribution in [2.75, 3.05) is 10.8 Å². The lowest BCUT2D eigenvalue weighted by atomic mass is 10.0. The predicted molar refractivity (Wildman–Crippen MR) is 131 cm³/mol. The molecular weight excluding hydrogens is 446 g/mol. The molecule has 0 saturated heterocycles. The molecule has 0 unspecified atom stereocenters. The topological polar surface area (TPSA) is 89.7 Å². The Labute approximate surface area is 201 Å². The summed E-state index contributed by atoms with van der Waals surface area (Å²) in [5.74, 6) is 3.15. The molecule has 6 rings (SSSR count). The highest BCUT2D eigenvalue weighted by Gasteiger charge is 2.29. The second-order valence-corrected chi connectivity index (χ2v) is 9.85. The van der Waals surface area contributed by atoms with E-state index in [1.165, 1.54) is 12.8 Å².